The van der Waals surface area contributed by atoms with Crippen molar-refractivity contribution in [3.8, 4) is 0 Å². The zero-order valence-corrected chi connectivity index (χ0v) is 12.4. The molecular weight excluding hydrogens is 309 g/mol. The normalized spacial score (nSPS) is 18.8. The number of primary sulfonamides is 1. The topological polar surface area (TPSA) is 85.5 Å². The maximum atomic E-state index is 14.8. The minimum atomic E-state index is -3.89. The van der Waals surface area contributed by atoms with Crippen LogP contribution in [0, 0.1) is 0 Å². The summed E-state index contributed by atoms with van der Waals surface area (Å²) in [6.07, 6.45) is 1.45. The van der Waals surface area contributed by atoms with Gasteiger partial charge in [-0.2, -0.15) is 0 Å². The fourth-order valence-electron chi connectivity index (χ4n) is 2.02. The Balaban J connectivity index is 2.33. The predicted molar refractivity (Wildman–Crippen MR) is 72.9 cm³/mol. The van der Waals surface area contributed by atoms with Gasteiger partial charge in [0.2, 0.25) is 10.0 Å². The summed E-state index contributed by atoms with van der Waals surface area (Å²) in [4.78, 5) is 5.02. The highest BCUT2D eigenvalue weighted by molar-refractivity contribution is 7.89. The zero-order valence-electron chi connectivity index (χ0n) is 10.8. The number of hydrogen-bond acceptors (Lipinski definition) is 5. The minimum Gasteiger partial charge on any atom is -0.381 e. The standard InChI is InChI=1S/C11H15ClFN3O3S/c1-16(11(13)2-4-19-5-3-11)10-9(12)6-8(7-15-10)20(14,17)18/h6-7H,2-5H2,1H3,(H2,14,17,18). The van der Waals surface area contributed by atoms with E-state index in [-0.39, 0.29) is 28.6 Å². The van der Waals surface area contributed by atoms with E-state index in [0.29, 0.717) is 13.2 Å². The van der Waals surface area contributed by atoms with Crippen LogP contribution in [0.5, 0.6) is 0 Å². The van der Waals surface area contributed by atoms with Crippen LogP contribution in [0.25, 0.3) is 0 Å². The van der Waals surface area contributed by atoms with Crippen molar-refractivity contribution >= 4 is 27.4 Å². The highest BCUT2D eigenvalue weighted by atomic mass is 35.5. The molecule has 0 aromatic carbocycles. The first-order valence-electron chi connectivity index (χ1n) is 5.93. The van der Waals surface area contributed by atoms with Gasteiger partial charge in [0, 0.05) is 26.1 Å². The lowest BCUT2D eigenvalue weighted by Gasteiger charge is -2.38. The summed E-state index contributed by atoms with van der Waals surface area (Å²) in [5, 5.41) is 5.02. The Bertz CT molecular complexity index is 605. The van der Waals surface area contributed by atoms with Crippen LogP contribution < -0.4 is 10.0 Å². The highest BCUT2D eigenvalue weighted by Crippen LogP contribution is 2.35. The van der Waals surface area contributed by atoms with Crippen LogP contribution in [0.15, 0.2) is 17.2 Å². The lowest BCUT2D eigenvalue weighted by Crippen LogP contribution is -2.47. The van der Waals surface area contributed by atoms with E-state index in [1.165, 1.54) is 18.0 Å². The smallest absolute Gasteiger partial charge is 0.239 e. The first-order valence-corrected chi connectivity index (χ1v) is 7.85. The summed E-state index contributed by atoms with van der Waals surface area (Å²) in [6.45, 7) is 0.626. The number of nitrogens with two attached hydrogens (primary N) is 1. The first kappa shape index (κ1) is 15.4. The van der Waals surface area contributed by atoms with Crippen LogP contribution in [0.4, 0.5) is 10.2 Å². The van der Waals surface area contributed by atoms with Gasteiger partial charge >= 0.3 is 0 Å². The molecule has 20 heavy (non-hydrogen) atoms. The molecule has 1 aliphatic heterocycles. The van der Waals surface area contributed by atoms with Gasteiger partial charge in [-0.3, -0.25) is 0 Å². The number of nitrogens with zero attached hydrogens (tertiary/aromatic N) is 2. The molecule has 1 fully saturated rings. The molecule has 0 amide bonds. The maximum Gasteiger partial charge on any atom is 0.239 e. The average molecular weight is 324 g/mol. The molecule has 1 aromatic rings. The molecule has 6 nitrogen and oxygen atoms in total. The third-order valence-electron chi connectivity index (χ3n) is 3.30. The molecule has 0 radical (unpaired) electrons. The molecule has 112 valence electrons. The molecule has 0 unspecified atom stereocenters. The Morgan fingerprint density at radius 3 is 2.60 bits per heavy atom. The van der Waals surface area contributed by atoms with Gasteiger partial charge in [-0.1, -0.05) is 11.6 Å². The molecule has 1 aromatic heterocycles. The van der Waals surface area contributed by atoms with Crippen LogP contribution in [0.3, 0.4) is 0 Å². The number of hydrogen-bond donors (Lipinski definition) is 1. The van der Waals surface area contributed by atoms with Gasteiger partial charge in [0.1, 0.15) is 10.7 Å². The third kappa shape index (κ3) is 3.03. The Kier molecular flexibility index (Phi) is 4.19. The zero-order chi connectivity index (χ0) is 15.0. The number of anilines is 1. The van der Waals surface area contributed by atoms with Gasteiger partial charge in [0.15, 0.2) is 5.79 Å². The van der Waals surface area contributed by atoms with Gasteiger partial charge < -0.3 is 9.64 Å². The molecule has 1 saturated heterocycles. The van der Waals surface area contributed by atoms with E-state index in [4.69, 9.17) is 21.5 Å². The molecule has 0 aliphatic carbocycles. The molecule has 0 bridgehead atoms. The van der Waals surface area contributed by atoms with E-state index in [9.17, 15) is 12.8 Å². The van der Waals surface area contributed by atoms with Crippen molar-refractivity contribution in [2.45, 2.75) is 23.5 Å². The molecule has 1 aliphatic rings. The van der Waals surface area contributed by atoms with Crippen molar-refractivity contribution in [2.24, 2.45) is 5.14 Å². The second-order valence-corrected chi connectivity index (χ2v) is 6.58. The highest BCUT2D eigenvalue weighted by Gasteiger charge is 2.38. The molecule has 0 atom stereocenters. The summed E-state index contributed by atoms with van der Waals surface area (Å²) >= 11 is 5.99. The number of alkyl halides is 1. The van der Waals surface area contributed by atoms with Crippen molar-refractivity contribution in [1.82, 2.24) is 4.98 Å². The fraction of sp³-hybridized carbons (Fsp3) is 0.545. The van der Waals surface area contributed by atoms with E-state index >= 15 is 0 Å². The van der Waals surface area contributed by atoms with Crippen LogP contribution in [-0.4, -0.2) is 39.5 Å². The molecule has 2 N–H and O–H groups in total. The average Bonchev–Trinajstić information content (AvgIpc) is 2.37. The second kappa shape index (κ2) is 5.44. The van der Waals surface area contributed by atoms with E-state index in [2.05, 4.69) is 4.98 Å². The maximum absolute atomic E-state index is 14.8. The largest absolute Gasteiger partial charge is 0.381 e. The number of pyridine rings is 1. The van der Waals surface area contributed by atoms with Crippen molar-refractivity contribution in [3.63, 3.8) is 0 Å². The molecule has 0 spiro atoms. The summed E-state index contributed by atoms with van der Waals surface area (Å²) in [5.74, 6) is -1.44. The van der Waals surface area contributed by atoms with E-state index in [0.717, 1.165) is 6.20 Å². The van der Waals surface area contributed by atoms with Gasteiger partial charge in [0.25, 0.3) is 0 Å². The van der Waals surface area contributed by atoms with Crippen LogP contribution in [-0.2, 0) is 14.8 Å². The van der Waals surface area contributed by atoms with E-state index in [1.807, 2.05) is 0 Å². The lowest BCUT2D eigenvalue weighted by molar-refractivity contribution is -0.00790. The Morgan fingerprint density at radius 1 is 1.50 bits per heavy atom. The van der Waals surface area contributed by atoms with Gasteiger partial charge in [0.05, 0.1) is 18.2 Å². The monoisotopic (exact) mass is 323 g/mol. The van der Waals surface area contributed by atoms with Crippen LogP contribution in [0.1, 0.15) is 12.8 Å². The number of ether oxygens (including phenoxy) is 1. The molecule has 0 saturated carbocycles. The van der Waals surface area contributed by atoms with Crippen LogP contribution >= 0.6 is 11.6 Å². The summed E-state index contributed by atoms with van der Waals surface area (Å²) in [5.41, 5.74) is 0. The third-order valence-corrected chi connectivity index (χ3v) is 4.46. The van der Waals surface area contributed by atoms with Crippen molar-refractivity contribution in [1.29, 1.82) is 0 Å². The fourth-order valence-corrected chi connectivity index (χ4v) is 2.86. The summed E-state index contributed by atoms with van der Waals surface area (Å²) < 4.78 is 42.3. The molecule has 2 rings (SSSR count). The number of halogens is 2. The number of rotatable bonds is 3. The van der Waals surface area contributed by atoms with Crippen molar-refractivity contribution < 1.29 is 17.5 Å². The SMILES string of the molecule is CN(c1ncc(S(N)(=O)=O)cc1Cl)C1(F)CCOCC1. The predicted octanol–water partition coefficient (Wildman–Crippen LogP) is 1.29. The number of sulfonamides is 1. The summed E-state index contributed by atoms with van der Waals surface area (Å²) in [6, 6.07) is 1.17. The van der Waals surface area contributed by atoms with Gasteiger partial charge in [-0.15, -0.1) is 0 Å². The van der Waals surface area contributed by atoms with Crippen LogP contribution in [0.2, 0.25) is 5.02 Å². The molecule has 9 heteroatoms. The van der Waals surface area contributed by atoms with Gasteiger partial charge in [-0.25, -0.2) is 22.9 Å². The van der Waals surface area contributed by atoms with Crippen molar-refractivity contribution in [3.05, 3.63) is 17.3 Å². The minimum absolute atomic E-state index is 0.0301. The quantitative estimate of drug-likeness (QED) is 0.847. The van der Waals surface area contributed by atoms with E-state index < -0.39 is 15.8 Å². The Labute approximate surface area is 121 Å². The summed E-state index contributed by atoms with van der Waals surface area (Å²) in [7, 11) is -2.36. The van der Waals surface area contributed by atoms with Crippen molar-refractivity contribution in [2.75, 3.05) is 25.2 Å². The first-order chi connectivity index (χ1) is 9.24. The van der Waals surface area contributed by atoms with E-state index in [1.54, 1.807) is 0 Å². The van der Waals surface area contributed by atoms with Gasteiger partial charge in [-0.05, 0) is 6.07 Å². The Hall–Kier alpha value is -0.960. The Morgan fingerprint density at radius 2 is 2.10 bits per heavy atom. The molecular formula is C11H15ClFN3O3S. The molecule has 2 heterocycles. The second-order valence-electron chi connectivity index (χ2n) is 4.61. The lowest BCUT2D eigenvalue weighted by atomic mass is 10.0. The number of aromatic nitrogens is 1.